The van der Waals surface area contributed by atoms with Gasteiger partial charge in [0.1, 0.15) is 0 Å². The zero-order chi connectivity index (χ0) is 13.8. The molecule has 1 fully saturated rings. The second kappa shape index (κ2) is 6.37. The average Bonchev–Trinajstić information content (AvgIpc) is 2.42. The molecule has 1 aliphatic rings. The van der Waals surface area contributed by atoms with E-state index in [0.717, 1.165) is 31.7 Å². The predicted octanol–water partition coefficient (Wildman–Crippen LogP) is 1.92. The topological polar surface area (TPSA) is 41.6 Å². The van der Waals surface area contributed by atoms with Crippen LogP contribution < -0.4 is 5.32 Å². The lowest BCUT2D eigenvalue weighted by atomic mass is 10.1. The molecule has 0 bridgehead atoms. The third-order valence-electron chi connectivity index (χ3n) is 3.48. The first kappa shape index (κ1) is 14.3. The van der Waals surface area contributed by atoms with Gasteiger partial charge in [-0.15, -0.1) is 0 Å². The molecule has 1 heterocycles. The Morgan fingerprint density at radius 3 is 3.05 bits per heavy atom. The van der Waals surface area contributed by atoms with E-state index in [1.807, 2.05) is 6.07 Å². The molecule has 0 aliphatic carbocycles. The minimum Gasteiger partial charge on any atom is -0.465 e. The molecule has 0 unspecified atom stereocenters. The molecule has 0 aromatic heterocycles. The molecule has 2 rings (SSSR count). The second-order valence-corrected chi connectivity index (χ2v) is 5.23. The van der Waals surface area contributed by atoms with Gasteiger partial charge >= 0.3 is 5.97 Å². The van der Waals surface area contributed by atoms with E-state index in [4.69, 9.17) is 16.3 Å². The maximum atomic E-state index is 11.5. The number of nitrogens with zero attached hydrogens (tertiary/aromatic N) is 1. The molecule has 4 nitrogen and oxygen atoms in total. The van der Waals surface area contributed by atoms with E-state index in [2.05, 4.69) is 17.1 Å². The number of hydrogen-bond donors (Lipinski definition) is 1. The molecule has 5 heteroatoms. The number of piperazine rings is 1. The van der Waals surface area contributed by atoms with Gasteiger partial charge in [-0.2, -0.15) is 0 Å². The molecule has 1 saturated heterocycles. The number of rotatable bonds is 3. The van der Waals surface area contributed by atoms with Gasteiger partial charge in [0, 0.05) is 37.2 Å². The Morgan fingerprint density at radius 2 is 2.37 bits per heavy atom. The van der Waals surface area contributed by atoms with E-state index in [0.29, 0.717) is 16.6 Å². The Balaban J connectivity index is 2.16. The van der Waals surface area contributed by atoms with Crippen LogP contribution in [0.25, 0.3) is 0 Å². The number of esters is 1. The summed E-state index contributed by atoms with van der Waals surface area (Å²) in [6.45, 7) is 5.89. The van der Waals surface area contributed by atoms with Crippen molar-refractivity contribution in [1.29, 1.82) is 0 Å². The number of carbonyl (C=O) groups excluding carboxylic acids is 1. The fourth-order valence-corrected chi connectivity index (χ4v) is 2.45. The number of carbonyl (C=O) groups is 1. The molecule has 104 valence electrons. The van der Waals surface area contributed by atoms with Crippen LogP contribution in [0.4, 0.5) is 0 Å². The Labute approximate surface area is 118 Å². The summed E-state index contributed by atoms with van der Waals surface area (Å²) in [4.78, 5) is 13.9. The molecule has 1 aromatic carbocycles. The lowest BCUT2D eigenvalue weighted by Crippen LogP contribution is -2.49. The molecule has 1 aliphatic heterocycles. The number of methoxy groups -OCH3 is 1. The quantitative estimate of drug-likeness (QED) is 0.860. The van der Waals surface area contributed by atoms with Crippen LogP contribution in [-0.2, 0) is 11.3 Å². The van der Waals surface area contributed by atoms with Crippen molar-refractivity contribution in [3.63, 3.8) is 0 Å². The number of hydrogen-bond acceptors (Lipinski definition) is 4. The molecule has 1 aromatic rings. The summed E-state index contributed by atoms with van der Waals surface area (Å²) in [5, 5.41) is 4.05. The van der Waals surface area contributed by atoms with Gasteiger partial charge in [-0.05, 0) is 30.7 Å². The van der Waals surface area contributed by atoms with Crippen LogP contribution in [0.15, 0.2) is 18.2 Å². The van der Waals surface area contributed by atoms with Gasteiger partial charge in [-0.1, -0.05) is 11.6 Å². The van der Waals surface area contributed by atoms with Gasteiger partial charge in [0.15, 0.2) is 0 Å². The average molecular weight is 283 g/mol. The summed E-state index contributed by atoms with van der Waals surface area (Å²) < 4.78 is 4.74. The first-order valence-corrected chi connectivity index (χ1v) is 6.81. The van der Waals surface area contributed by atoms with Crippen LogP contribution in [0.2, 0.25) is 5.02 Å². The smallest absolute Gasteiger partial charge is 0.337 e. The zero-order valence-electron chi connectivity index (χ0n) is 11.3. The van der Waals surface area contributed by atoms with Crippen LogP contribution >= 0.6 is 11.6 Å². The first-order chi connectivity index (χ1) is 9.11. The monoisotopic (exact) mass is 282 g/mol. The van der Waals surface area contributed by atoms with E-state index in [-0.39, 0.29) is 5.97 Å². The number of ether oxygens (including phenoxy) is 1. The van der Waals surface area contributed by atoms with Crippen LogP contribution in [-0.4, -0.2) is 43.7 Å². The van der Waals surface area contributed by atoms with Crippen molar-refractivity contribution in [3.05, 3.63) is 34.3 Å². The predicted molar refractivity (Wildman–Crippen MR) is 75.5 cm³/mol. The fourth-order valence-electron chi connectivity index (χ4n) is 2.28. The van der Waals surface area contributed by atoms with Gasteiger partial charge in [-0.3, -0.25) is 4.90 Å². The molecule has 1 atom stereocenters. The Hall–Kier alpha value is -1.10. The highest BCUT2D eigenvalue weighted by atomic mass is 35.5. The van der Waals surface area contributed by atoms with E-state index < -0.39 is 0 Å². The summed E-state index contributed by atoms with van der Waals surface area (Å²) in [5.41, 5.74) is 1.52. The number of benzene rings is 1. The van der Waals surface area contributed by atoms with Gasteiger partial charge < -0.3 is 10.1 Å². The molecular formula is C14H19ClN2O2. The van der Waals surface area contributed by atoms with Gasteiger partial charge in [-0.25, -0.2) is 4.79 Å². The largest absolute Gasteiger partial charge is 0.465 e. The standard InChI is InChI=1S/C14H19ClN2O2/c1-10-8-16-5-6-17(10)9-12-7-11(14(18)19-2)3-4-13(12)15/h3-4,7,10,16H,5-6,8-9H2,1-2H3/t10-/m1/s1. The minimum atomic E-state index is -0.328. The maximum Gasteiger partial charge on any atom is 0.337 e. The summed E-state index contributed by atoms with van der Waals surface area (Å²) >= 11 is 6.22. The summed E-state index contributed by atoms with van der Waals surface area (Å²) in [6.07, 6.45) is 0. The van der Waals surface area contributed by atoms with Crippen molar-refractivity contribution in [1.82, 2.24) is 10.2 Å². The van der Waals surface area contributed by atoms with Crippen LogP contribution in [0, 0.1) is 0 Å². The number of halogens is 1. The Bertz CT molecular complexity index is 465. The molecule has 0 spiro atoms. The second-order valence-electron chi connectivity index (χ2n) is 4.82. The maximum absolute atomic E-state index is 11.5. The van der Waals surface area contributed by atoms with Crippen molar-refractivity contribution in [2.24, 2.45) is 0 Å². The molecule has 0 saturated carbocycles. The van der Waals surface area contributed by atoms with Crippen molar-refractivity contribution in [3.8, 4) is 0 Å². The fraction of sp³-hybridized carbons (Fsp3) is 0.500. The lowest BCUT2D eigenvalue weighted by molar-refractivity contribution is 0.0600. The highest BCUT2D eigenvalue weighted by Crippen LogP contribution is 2.21. The molecule has 19 heavy (non-hydrogen) atoms. The lowest BCUT2D eigenvalue weighted by Gasteiger charge is -2.34. The normalized spacial score (nSPS) is 20.3. The Kier molecular flexibility index (Phi) is 4.80. The van der Waals surface area contributed by atoms with Gasteiger partial charge in [0.05, 0.1) is 12.7 Å². The molecule has 0 radical (unpaired) electrons. The Morgan fingerprint density at radius 1 is 1.58 bits per heavy atom. The van der Waals surface area contributed by atoms with E-state index >= 15 is 0 Å². The van der Waals surface area contributed by atoms with Crippen molar-refractivity contribution < 1.29 is 9.53 Å². The van der Waals surface area contributed by atoms with Gasteiger partial charge in [0.2, 0.25) is 0 Å². The summed E-state index contributed by atoms with van der Waals surface area (Å²) in [7, 11) is 1.38. The number of nitrogens with one attached hydrogen (secondary N) is 1. The molecule has 0 amide bonds. The highest BCUT2D eigenvalue weighted by molar-refractivity contribution is 6.31. The molecule has 1 N–H and O–H groups in total. The third-order valence-corrected chi connectivity index (χ3v) is 3.85. The van der Waals surface area contributed by atoms with Crippen LogP contribution in [0.5, 0.6) is 0 Å². The van der Waals surface area contributed by atoms with Crippen molar-refractivity contribution in [2.75, 3.05) is 26.7 Å². The highest BCUT2D eigenvalue weighted by Gasteiger charge is 2.19. The van der Waals surface area contributed by atoms with Crippen LogP contribution in [0.1, 0.15) is 22.8 Å². The third kappa shape index (κ3) is 3.47. The van der Waals surface area contributed by atoms with Crippen molar-refractivity contribution in [2.45, 2.75) is 19.5 Å². The zero-order valence-corrected chi connectivity index (χ0v) is 12.0. The van der Waals surface area contributed by atoms with Crippen molar-refractivity contribution >= 4 is 17.6 Å². The van der Waals surface area contributed by atoms with Crippen LogP contribution in [0.3, 0.4) is 0 Å². The SMILES string of the molecule is COC(=O)c1ccc(Cl)c(CN2CCNC[C@H]2C)c1. The minimum absolute atomic E-state index is 0.328. The van der Waals surface area contributed by atoms with E-state index in [1.165, 1.54) is 7.11 Å². The first-order valence-electron chi connectivity index (χ1n) is 6.43. The van der Waals surface area contributed by atoms with E-state index in [9.17, 15) is 4.79 Å². The van der Waals surface area contributed by atoms with Gasteiger partial charge in [0.25, 0.3) is 0 Å². The summed E-state index contributed by atoms with van der Waals surface area (Å²) in [6, 6.07) is 5.74. The summed E-state index contributed by atoms with van der Waals surface area (Å²) in [5.74, 6) is -0.328. The van der Waals surface area contributed by atoms with E-state index in [1.54, 1.807) is 12.1 Å². The molecular weight excluding hydrogens is 264 g/mol.